The lowest BCUT2D eigenvalue weighted by Gasteiger charge is -1.90. The van der Waals surface area contributed by atoms with Crippen LogP contribution in [0.25, 0.3) is 0 Å². The second-order valence-corrected chi connectivity index (χ2v) is 1.42. The molecule has 0 aromatic carbocycles. The van der Waals surface area contributed by atoms with Crippen LogP contribution in [0.2, 0.25) is 0 Å². The van der Waals surface area contributed by atoms with E-state index in [1.807, 2.05) is 6.07 Å². The fourth-order valence-electron chi connectivity index (χ4n) is 0.324. The van der Waals surface area contributed by atoms with Crippen molar-refractivity contribution in [3.8, 4) is 6.07 Å². The van der Waals surface area contributed by atoms with Crippen LogP contribution in [0.15, 0.2) is 12.3 Å². The molecule has 0 aromatic rings. The summed E-state index contributed by atoms with van der Waals surface area (Å²) in [6.07, 6.45) is 4.18. The molecule has 2 heteroatoms. The minimum Gasteiger partial charge on any atom is -0.390 e. The van der Waals surface area contributed by atoms with Crippen molar-refractivity contribution in [2.24, 2.45) is 0 Å². The van der Waals surface area contributed by atoms with E-state index in [-0.39, 0.29) is 0 Å². The van der Waals surface area contributed by atoms with Crippen LogP contribution in [0.4, 0.5) is 0 Å². The Bertz CT molecular complexity index is 99.6. The van der Waals surface area contributed by atoms with Crippen LogP contribution in [-0.4, -0.2) is 6.54 Å². The van der Waals surface area contributed by atoms with Gasteiger partial charge in [-0.15, -0.1) is 0 Å². The quantitative estimate of drug-likeness (QED) is 0.435. The Balaban J connectivity index is 2.94. The highest BCUT2D eigenvalue weighted by molar-refractivity contribution is 4.99. The highest BCUT2D eigenvalue weighted by Crippen LogP contribution is 1.68. The molecule has 0 unspecified atom stereocenters. The normalized spacial score (nSPS) is 9.00. The van der Waals surface area contributed by atoms with Crippen molar-refractivity contribution in [3.63, 3.8) is 0 Å². The predicted octanol–water partition coefficient (Wildman–Crippen LogP) is 1.02. The molecule has 0 aromatic heterocycles. The number of allylic oxidation sites excluding steroid dienone is 1. The molecule has 0 amide bonds. The number of hydrogen-bond acceptors (Lipinski definition) is 2. The van der Waals surface area contributed by atoms with Crippen LogP contribution in [0.1, 0.15) is 13.3 Å². The van der Waals surface area contributed by atoms with Gasteiger partial charge in [0.25, 0.3) is 0 Å². The van der Waals surface area contributed by atoms with Gasteiger partial charge in [0.2, 0.25) is 0 Å². The van der Waals surface area contributed by atoms with E-state index in [1.165, 1.54) is 6.08 Å². The summed E-state index contributed by atoms with van der Waals surface area (Å²) in [5, 5.41) is 10.9. The maximum atomic E-state index is 7.99. The molecular formula is C6H10N2. The number of rotatable bonds is 3. The third-order valence-corrected chi connectivity index (χ3v) is 0.670. The predicted molar refractivity (Wildman–Crippen MR) is 33.0 cm³/mol. The molecule has 0 saturated carbocycles. The van der Waals surface area contributed by atoms with Crippen LogP contribution in [-0.2, 0) is 0 Å². The average molecular weight is 110 g/mol. The number of nitrogens with zero attached hydrogens (tertiary/aromatic N) is 1. The Kier molecular flexibility index (Phi) is 5.30. The Morgan fingerprint density at radius 1 is 1.75 bits per heavy atom. The zero-order valence-electron chi connectivity index (χ0n) is 5.02. The van der Waals surface area contributed by atoms with Crippen molar-refractivity contribution in [1.29, 1.82) is 5.26 Å². The van der Waals surface area contributed by atoms with Crippen molar-refractivity contribution in [2.75, 3.05) is 6.54 Å². The summed E-state index contributed by atoms with van der Waals surface area (Å²) >= 11 is 0. The summed E-state index contributed by atoms with van der Waals surface area (Å²) < 4.78 is 0. The largest absolute Gasteiger partial charge is 0.390 e. The van der Waals surface area contributed by atoms with Gasteiger partial charge >= 0.3 is 0 Å². The van der Waals surface area contributed by atoms with E-state index in [0.29, 0.717) is 0 Å². The lowest BCUT2D eigenvalue weighted by Crippen LogP contribution is -2.04. The summed E-state index contributed by atoms with van der Waals surface area (Å²) in [4.78, 5) is 0. The number of nitrogens with one attached hydrogen (secondary N) is 1. The maximum Gasteiger partial charge on any atom is 0.0927 e. The minimum absolute atomic E-state index is 0.943. The van der Waals surface area contributed by atoms with Gasteiger partial charge in [0, 0.05) is 18.8 Å². The lowest BCUT2D eigenvalue weighted by molar-refractivity contribution is 0.809. The van der Waals surface area contributed by atoms with Crippen molar-refractivity contribution in [3.05, 3.63) is 12.3 Å². The van der Waals surface area contributed by atoms with Crippen LogP contribution >= 0.6 is 0 Å². The van der Waals surface area contributed by atoms with Crippen LogP contribution < -0.4 is 5.32 Å². The third kappa shape index (κ3) is 5.03. The topological polar surface area (TPSA) is 35.8 Å². The van der Waals surface area contributed by atoms with E-state index in [4.69, 9.17) is 5.26 Å². The molecule has 0 atom stereocenters. The van der Waals surface area contributed by atoms with E-state index < -0.39 is 0 Å². The lowest BCUT2D eigenvalue weighted by atomic mass is 10.5. The summed E-state index contributed by atoms with van der Waals surface area (Å²) in [5.41, 5.74) is 0. The molecule has 0 aliphatic carbocycles. The highest BCUT2D eigenvalue weighted by atomic mass is 14.8. The Labute approximate surface area is 49.8 Å². The molecule has 0 aliphatic rings. The standard InChI is InChI=1S/C6H10N2/c1-2-5-8-6-3-4-7/h3,6,8H,2,5H2,1H3/b6-3-. The van der Waals surface area contributed by atoms with E-state index in [2.05, 4.69) is 12.2 Å². The molecule has 0 bridgehead atoms. The van der Waals surface area contributed by atoms with Gasteiger partial charge in [0.1, 0.15) is 0 Å². The molecule has 1 N–H and O–H groups in total. The molecule has 2 nitrogen and oxygen atoms in total. The fourth-order valence-corrected chi connectivity index (χ4v) is 0.324. The second-order valence-electron chi connectivity index (χ2n) is 1.42. The molecule has 44 valence electrons. The monoisotopic (exact) mass is 110 g/mol. The van der Waals surface area contributed by atoms with E-state index >= 15 is 0 Å². The molecule has 0 spiro atoms. The summed E-state index contributed by atoms with van der Waals surface area (Å²) in [6, 6.07) is 1.88. The zero-order valence-corrected chi connectivity index (χ0v) is 5.02. The van der Waals surface area contributed by atoms with Crippen molar-refractivity contribution in [1.82, 2.24) is 5.32 Å². The zero-order chi connectivity index (χ0) is 6.24. The second kappa shape index (κ2) is 6.03. The van der Waals surface area contributed by atoms with Gasteiger partial charge in [-0.2, -0.15) is 5.26 Å². The summed E-state index contributed by atoms with van der Waals surface area (Å²) in [5.74, 6) is 0. The van der Waals surface area contributed by atoms with E-state index in [0.717, 1.165) is 13.0 Å². The van der Waals surface area contributed by atoms with Crippen LogP contribution in [0, 0.1) is 11.3 Å². The van der Waals surface area contributed by atoms with Gasteiger partial charge in [0.15, 0.2) is 0 Å². The average Bonchev–Trinajstić information content (AvgIpc) is 1.81. The Hall–Kier alpha value is -0.970. The first kappa shape index (κ1) is 7.03. The maximum absolute atomic E-state index is 7.99. The molecule has 0 fully saturated rings. The van der Waals surface area contributed by atoms with E-state index in [9.17, 15) is 0 Å². The first-order valence-electron chi connectivity index (χ1n) is 2.69. The summed E-state index contributed by atoms with van der Waals surface area (Å²) in [6.45, 7) is 3.02. The van der Waals surface area contributed by atoms with Gasteiger partial charge in [-0.25, -0.2) is 0 Å². The molecule has 0 rings (SSSR count). The molecule has 0 radical (unpaired) electrons. The SMILES string of the molecule is CCCN/C=C\C#N. The number of hydrogen-bond donors (Lipinski definition) is 1. The first-order chi connectivity index (χ1) is 3.91. The summed E-state index contributed by atoms with van der Waals surface area (Å²) in [7, 11) is 0. The van der Waals surface area contributed by atoms with Gasteiger partial charge in [-0.3, -0.25) is 0 Å². The van der Waals surface area contributed by atoms with Gasteiger partial charge in [-0.05, 0) is 6.42 Å². The van der Waals surface area contributed by atoms with Crippen molar-refractivity contribution >= 4 is 0 Å². The molecule has 0 saturated heterocycles. The highest BCUT2D eigenvalue weighted by Gasteiger charge is 1.70. The Morgan fingerprint density at radius 2 is 2.50 bits per heavy atom. The van der Waals surface area contributed by atoms with Crippen LogP contribution in [0.3, 0.4) is 0 Å². The molecular weight excluding hydrogens is 100 g/mol. The van der Waals surface area contributed by atoms with Gasteiger partial charge in [0.05, 0.1) is 6.07 Å². The molecule has 0 heterocycles. The number of nitriles is 1. The first-order valence-corrected chi connectivity index (χ1v) is 2.69. The third-order valence-electron chi connectivity index (χ3n) is 0.670. The smallest absolute Gasteiger partial charge is 0.0927 e. The van der Waals surface area contributed by atoms with Gasteiger partial charge in [-0.1, -0.05) is 6.92 Å². The molecule has 8 heavy (non-hydrogen) atoms. The Morgan fingerprint density at radius 3 is 3.00 bits per heavy atom. The minimum atomic E-state index is 0.943. The van der Waals surface area contributed by atoms with E-state index in [1.54, 1.807) is 6.20 Å². The molecule has 0 aliphatic heterocycles. The van der Waals surface area contributed by atoms with Crippen LogP contribution in [0.5, 0.6) is 0 Å². The van der Waals surface area contributed by atoms with Gasteiger partial charge < -0.3 is 5.32 Å². The van der Waals surface area contributed by atoms with Crippen molar-refractivity contribution < 1.29 is 0 Å². The fraction of sp³-hybridized carbons (Fsp3) is 0.500. The van der Waals surface area contributed by atoms with Crippen molar-refractivity contribution in [2.45, 2.75) is 13.3 Å².